The summed E-state index contributed by atoms with van der Waals surface area (Å²) in [6.07, 6.45) is -3.66. The number of aliphatic hydroxyl groups is 4. The summed E-state index contributed by atoms with van der Waals surface area (Å²) in [7, 11) is 0. The lowest BCUT2D eigenvalue weighted by atomic mass is 10.1. The molecular formula is C11H14N4O7. The highest BCUT2D eigenvalue weighted by atomic mass is 16.6. The number of aryl methyl sites for hydroxylation is 1. The molecule has 0 aromatic carbocycles. The van der Waals surface area contributed by atoms with Crippen LogP contribution >= 0.6 is 0 Å². The Balaban J connectivity index is 2.31. The van der Waals surface area contributed by atoms with Crippen LogP contribution in [0.1, 0.15) is 17.6 Å². The minimum Gasteiger partial charge on any atom is -0.394 e. The zero-order valence-corrected chi connectivity index (χ0v) is 11.4. The average molecular weight is 314 g/mol. The van der Waals surface area contributed by atoms with Crippen LogP contribution in [0, 0.1) is 17.0 Å². The molecule has 0 radical (unpaired) electrons. The first-order valence-electron chi connectivity index (χ1n) is 6.17. The summed E-state index contributed by atoms with van der Waals surface area (Å²) in [4.78, 5) is 16.7. The van der Waals surface area contributed by atoms with Gasteiger partial charge in [-0.3, -0.25) is 10.1 Å². The van der Waals surface area contributed by atoms with Crippen molar-refractivity contribution in [2.75, 3.05) is 6.61 Å². The second-order valence-electron chi connectivity index (χ2n) is 4.57. The van der Waals surface area contributed by atoms with E-state index in [2.05, 4.69) is 15.1 Å². The van der Waals surface area contributed by atoms with Crippen LogP contribution in [0.25, 0.3) is 11.5 Å². The number of hydrogen-bond donors (Lipinski definition) is 5. The van der Waals surface area contributed by atoms with Gasteiger partial charge in [0.1, 0.15) is 18.3 Å². The van der Waals surface area contributed by atoms with E-state index < -0.39 is 29.8 Å². The number of rotatable bonds is 6. The number of nitrogens with zero attached hydrogens (tertiary/aromatic N) is 3. The third-order valence-electron chi connectivity index (χ3n) is 3.06. The third kappa shape index (κ3) is 2.82. The van der Waals surface area contributed by atoms with Crippen LogP contribution in [0.15, 0.2) is 10.7 Å². The van der Waals surface area contributed by atoms with E-state index in [0.717, 1.165) is 6.20 Å². The second kappa shape index (κ2) is 6.19. The van der Waals surface area contributed by atoms with Gasteiger partial charge in [-0.15, -0.1) is 0 Å². The molecule has 0 unspecified atom stereocenters. The van der Waals surface area contributed by atoms with Gasteiger partial charge in [0.05, 0.1) is 23.4 Å². The van der Waals surface area contributed by atoms with Crippen LogP contribution in [0.2, 0.25) is 0 Å². The molecule has 0 saturated carbocycles. The molecule has 0 aliphatic heterocycles. The van der Waals surface area contributed by atoms with Crippen molar-refractivity contribution >= 4 is 5.69 Å². The minimum absolute atomic E-state index is 0.00534. The first-order valence-corrected chi connectivity index (χ1v) is 6.17. The largest absolute Gasteiger partial charge is 0.394 e. The van der Waals surface area contributed by atoms with Gasteiger partial charge in [-0.05, 0) is 0 Å². The summed E-state index contributed by atoms with van der Waals surface area (Å²) in [5, 5.41) is 52.0. The van der Waals surface area contributed by atoms with E-state index in [1.165, 1.54) is 6.92 Å². The molecule has 0 bridgehead atoms. The zero-order valence-electron chi connectivity index (χ0n) is 11.4. The third-order valence-corrected chi connectivity index (χ3v) is 3.06. The second-order valence-corrected chi connectivity index (χ2v) is 4.57. The van der Waals surface area contributed by atoms with Gasteiger partial charge < -0.3 is 29.9 Å². The lowest BCUT2D eigenvalue weighted by molar-refractivity contribution is -0.385. The van der Waals surface area contributed by atoms with E-state index >= 15 is 0 Å². The summed E-state index contributed by atoms with van der Waals surface area (Å²) in [5.41, 5.74) is -0.533. The monoisotopic (exact) mass is 314 g/mol. The van der Waals surface area contributed by atoms with Gasteiger partial charge >= 0.3 is 5.69 Å². The van der Waals surface area contributed by atoms with Crippen molar-refractivity contribution in [1.29, 1.82) is 0 Å². The fourth-order valence-corrected chi connectivity index (χ4v) is 1.85. The molecule has 11 nitrogen and oxygen atoms in total. The van der Waals surface area contributed by atoms with Gasteiger partial charge in [0.2, 0.25) is 11.5 Å². The van der Waals surface area contributed by atoms with Gasteiger partial charge in [0, 0.05) is 6.92 Å². The SMILES string of the molecule is Cc1onc(-c2ncc([C@@H](O)[C@H](O)[C@H](O)CO)[nH]2)c1[N+](=O)[O-]. The van der Waals surface area contributed by atoms with Crippen LogP contribution in [0.4, 0.5) is 5.69 Å². The van der Waals surface area contributed by atoms with E-state index in [-0.39, 0.29) is 28.7 Å². The molecule has 0 amide bonds. The Morgan fingerprint density at radius 3 is 2.73 bits per heavy atom. The number of hydrogen-bond acceptors (Lipinski definition) is 9. The number of aliphatic hydroxyl groups excluding tert-OH is 4. The predicted octanol–water partition coefficient (Wildman–Crippen LogP) is -0.971. The quantitative estimate of drug-likeness (QED) is 0.331. The molecule has 0 saturated heterocycles. The highest BCUT2D eigenvalue weighted by molar-refractivity contribution is 5.64. The van der Waals surface area contributed by atoms with E-state index in [0.29, 0.717) is 0 Å². The van der Waals surface area contributed by atoms with E-state index in [1.807, 2.05) is 0 Å². The zero-order chi connectivity index (χ0) is 16.4. The fourth-order valence-electron chi connectivity index (χ4n) is 1.85. The van der Waals surface area contributed by atoms with Crippen LogP contribution < -0.4 is 0 Å². The Kier molecular flexibility index (Phi) is 4.51. The molecule has 0 fully saturated rings. The summed E-state index contributed by atoms with van der Waals surface area (Å²) >= 11 is 0. The van der Waals surface area contributed by atoms with Gasteiger partial charge in [0.15, 0.2) is 5.82 Å². The van der Waals surface area contributed by atoms with Crippen LogP contribution in [-0.4, -0.2) is 59.3 Å². The molecular weight excluding hydrogens is 300 g/mol. The summed E-state index contributed by atoms with van der Waals surface area (Å²) < 4.78 is 4.75. The molecule has 0 aliphatic rings. The fraction of sp³-hybridized carbons (Fsp3) is 0.455. The number of nitro groups is 1. The number of H-pyrrole nitrogens is 1. The summed E-state index contributed by atoms with van der Waals surface area (Å²) in [6.45, 7) is 0.627. The van der Waals surface area contributed by atoms with E-state index in [1.54, 1.807) is 0 Å². The molecule has 0 aliphatic carbocycles. The summed E-state index contributed by atoms with van der Waals surface area (Å²) in [5.74, 6) is -0.0440. The molecule has 120 valence electrons. The van der Waals surface area contributed by atoms with Crippen molar-refractivity contribution in [1.82, 2.24) is 15.1 Å². The van der Waals surface area contributed by atoms with Gasteiger partial charge in [0.25, 0.3) is 0 Å². The standard InChI is InChI=1S/C11H14N4O7/c1-4-8(15(20)21)7(14-22-4)11-12-2-5(13-11)9(18)10(19)6(17)3-16/h2,6,9-10,16-19H,3H2,1H3,(H,12,13)/t6-,9-,10-/m1/s1. The lowest BCUT2D eigenvalue weighted by Crippen LogP contribution is -2.34. The van der Waals surface area contributed by atoms with Gasteiger partial charge in [-0.25, -0.2) is 4.98 Å². The molecule has 3 atom stereocenters. The average Bonchev–Trinajstić information content (AvgIpc) is 3.10. The topological polar surface area (TPSA) is 179 Å². The maximum Gasteiger partial charge on any atom is 0.342 e. The van der Waals surface area contributed by atoms with Crippen molar-refractivity contribution in [3.05, 3.63) is 27.8 Å². The van der Waals surface area contributed by atoms with Crippen LogP contribution in [0.3, 0.4) is 0 Å². The maximum absolute atomic E-state index is 11.0. The molecule has 0 spiro atoms. The maximum atomic E-state index is 11.0. The Labute approximate surface area is 123 Å². The normalized spacial score (nSPS) is 15.5. The van der Waals surface area contributed by atoms with Gasteiger partial charge in [-0.2, -0.15) is 0 Å². The lowest BCUT2D eigenvalue weighted by Gasteiger charge is -2.20. The van der Waals surface area contributed by atoms with Crippen molar-refractivity contribution in [2.45, 2.75) is 25.2 Å². The predicted molar refractivity (Wildman–Crippen MR) is 69.5 cm³/mol. The van der Waals surface area contributed by atoms with Gasteiger partial charge in [-0.1, -0.05) is 5.16 Å². The number of aromatic amines is 1. The van der Waals surface area contributed by atoms with Crippen LogP contribution in [0.5, 0.6) is 0 Å². The number of imidazole rings is 1. The summed E-state index contributed by atoms with van der Waals surface area (Å²) in [6, 6.07) is 0. The van der Waals surface area contributed by atoms with Crippen molar-refractivity contribution in [2.24, 2.45) is 0 Å². The highest BCUT2D eigenvalue weighted by Crippen LogP contribution is 2.30. The Morgan fingerprint density at radius 1 is 1.45 bits per heavy atom. The number of nitrogens with one attached hydrogen (secondary N) is 1. The highest BCUT2D eigenvalue weighted by Gasteiger charge is 2.30. The molecule has 2 aromatic rings. The molecule has 2 rings (SSSR count). The first-order chi connectivity index (χ1) is 10.4. The number of aromatic nitrogens is 3. The minimum atomic E-state index is -1.66. The van der Waals surface area contributed by atoms with Crippen molar-refractivity contribution in [3.8, 4) is 11.5 Å². The van der Waals surface area contributed by atoms with Crippen molar-refractivity contribution in [3.63, 3.8) is 0 Å². The Bertz CT molecular complexity index is 667. The smallest absolute Gasteiger partial charge is 0.342 e. The molecule has 5 N–H and O–H groups in total. The Morgan fingerprint density at radius 2 is 2.14 bits per heavy atom. The molecule has 2 aromatic heterocycles. The van der Waals surface area contributed by atoms with E-state index in [9.17, 15) is 25.4 Å². The Hall–Kier alpha value is -2.34. The molecule has 22 heavy (non-hydrogen) atoms. The van der Waals surface area contributed by atoms with Crippen molar-refractivity contribution < 1.29 is 29.9 Å². The first kappa shape index (κ1) is 16.0. The molecule has 11 heteroatoms. The van der Waals surface area contributed by atoms with E-state index in [4.69, 9.17) is 9.63 Å². The molecule has 2 heterocycles. The van der Waals surface area contributed by atoms with Crippen LogP contribution in [-0.2, 0) is 0 Å².